The molecule has 1 aromatic heterocycles. The molecule has 146 valence electrons. The van der Waals surface area contributed by atoms with Crippen LogP contribution in [0.4, 0.5) is 4.39 Å². The van der Waals surface area contributed by atoms with Gasteiger partial charge < -0.3 is 4.74 Å². The molecule has 0 aliphatic rings. The maximum Gasteiger partial charge on any atom is 0.196 e. The number of aryl methyl sites for hydroxylation is 1. The summed E-state index contributed by atoms with van der Waals surface area (Å²) in [6, 6.07) is 22.5. The maximum atomic E-state index is 13.2. The van der Waals surface area contributed by atoms with Crippen molar-refractivity contribution in [3.63, 3.8) is 0 Å². The van der Waals surface area contributed by atoms with Gasteiger partial charge in [-0.1, -0.05) is 48.2 Å². The lowest BCUT2D eigenvalue weighted by Gasteiger charge is -2.12. The first kappa shape index (κ1) is 19.2. The van der Waals surface area contributed by atoms with Gasteiger partial charge in [-0.25, -0.2) is 4.39 Å². The summed E-state index contributed by atoms with van der Waals surface area (Å²) in [5.74, 6) is 2.01. The molecular weight excluding hydrogens is 385 g/mol. The Balaban J connectivity index is 1.74. The smallest absolute Gasteiger partial charge is 0.196 e. The van der Waals surface area contributed by atoms with E-state index >= 15 is 0 Å². The van der Waals surface area contributed by atoms with Crippen LogP contribution >= 0.6 is 11.8 Å². The summed E-state index contributed by atoms with van der Waals surface area (Å²) in [5.41, 5.74) is 4.14. The molecule has 0 spiro atoms. The van der Waals surface area contributed by atoms with Gasteiger partial charge in [0.05, 0.1) is 7.11 Å². The lowest BCUT2D eigenvalue weighted by Crippen LogP contribution is -2.01. The molecule has 0 saturated heterocycles. The van der Waals surface area contributed by atoms with Gasteiger partial charge in [0.2, 0.25) is 0 Å². The number of aromatic nitrogens is 3. The number of halogens is 1. The lowest BCUT2D eigenvalue weighted by molar-refractivity contribution is 0.414. The molecule has 4 nitrogen and oxygen atoms in total. The van der Waals surface area contributed by atoms with Gasteiger partial charge >= 0.3 is 0 Å². The number of nitrogens with zero attached hydrogens (tertiary/aromatic N) is 3. The Morgan fingerprint density at radius 2 is 1.66 bits per heavy atom. The Bertz CT molecular complexity index is 1110. The van der Waals surface area contributed by atoms with Crippen LogP contribution < -0.4 is 4.74 Å². The average Bonchev–Trinajstić information content (AvgIpc) is 3.17. The first-order valence-corrected chi connectivity index (χ1v) is 10.2. The maximum absolute atomic E-state index is 13.2. The minimum Gasteiger partial charge on any atom is -0.497 e. The summed E-state index contributed by atoms with van der Waals surface area (Å²) in [6.07, 6.45) is 0. The van der Waals surface area contributed by atoms with Crippen molar-refractivity contribution in [3.05, 3.63) is 89.7 Å². The summed E-state index contributed by atoms with van der Waals surface area (Å²) >= 11 is 1.57. The van der Waals surface area contributed by atoms with E-state index in [0.717, 1.165) is 39.1 Å². The number of rotatable bonds is 6. The van der Waals surface area contributed by atoms with Crippen molar-refractivity contribution >= 4 is 11.8 Å². The number of thioether (sulfide) groups is 1. The molecule has 1 heterocycles. The molecule has 0 aliphatic heterocycles. The van der Waals surface area contributed by atoms with E-state index in [-0.39, 0.29) is 5.82 Å². The van der Waals surface area contributed by atoms with Gasteiger partial charge in [0.25, 0.3) is 0 Å². The zero-order valence-corrected chi connectivity index (χ0v) is 17.0. The Kier molecular flexibility index (Phi) is 5.62. The standard InChI is InChI=1S/C23H20FN3OS/c1-16-5-3-4-6-21(16)22-25-26-23(29-15-17-7-9-18(24)10-8-17)27(22)19-11-13-20(28-2)14-12-19/h3-14H,15H2,1-2H3. The summed E-state index contributed by atoms with van der Waals surface area (Å²) in [5, 5.41) is 9.72. The monoisotopic (exact) mass is 405 g/mol. The van der Waals surface area contributed by atoms with E-state index in [9.17, 15) is 4.39 Å². The van der Waals surface area contributed by atoms with Crippen LogP contribution in [0.1, 0.15) is 11.1 Å². The topological polar surface area (TPSA) is 39.9 Å². The normalized spacial score (nSPS) is 10.9. The van der Waals surface area contributed by atoms with Gasteiger partial charge in [-0.3, -0.25) is 4.57 Å². The quantitative estimate of drug-likeness (QED) is 0.387. The van der Waals surface area contributed by atoms with E-state index < -0.39 is 0 Å². The molecule has 0 bridgehead atoms. The molecule has 0 unspecified atom stereocenters. The predicted octanol–water partition coefficient (Wildman–Crippen LogP) is 5.68. The molecule has 0 atom stereocenters. The SMILES string of the molecule is COc1ccc(-n2c(SCc3ccc(F)cc3)nnc2-c2ccccc2C)cc1. The second-order valence-electron chi connectivity index (χ2n) is 6.57. The molecule has 0 saturated carbocycles. The Morgan fingerprint density at radius 1 is 0.931 bits per heavy atom. The molecule has 4 rings (SSSR count). The van der Waals surface area contributed by atoms with Crippen molar-refractivity contribution in [3.8, 4) is 22.8 Å². The Hall–Kier alpha value is -3.12. The van der Waals surface area contributed by atoms with Crippen LogP contribution in [0, 0.1) is 12.7 Å². The van der Waals surface area contributed by atoms with E-state index in [0.29, 0.717) is 5.75 Å². The third kappa shape index (κ3) is 4.17. The molecule has 4 aromatic rings. The first-order chi connectivity index (χ1) is 14.2. The fraction of sp³-hybridized carbons (Fsp3) is 0.130. The molecule has 6 heteroatoms. The van der Waals surface area contributed by atoms with Crippen molar-refractivity contribution < 1.29 is 9.13 Å². The highest BCUT2D eigenvalue weighted by Crippen LogP contribution is 2.31. The van der Waals surface area contributed by atoms with Gasteiger partial charge in [-0.15, -0.1) is 10.2 Å². The molecule has 0 radical (unpaired) electrons. The van der Waals surface area contributed by atoms with E-state index in [4.69, 9.17) is 4.74 Å². The van der Waals surface area contributed by atoms with Crippen LogP contribution in [0.2, 0.25) is 0 Å². The number of hydrogen-bond acceptors (Lipinski definition) is 4. The second kappa shape index (κ2) is 8.49. The van der Waals surface area contributed by atoms with Crippen molar-refractivity contribution in [1.82, 2.24) is 14.8 Å². The average molecular weight is 405 g/mol. The molecule has 29 heavy (non-hydrogen) atoms. The Morgan fingerprint density at radius 3 is 2.34 bits per heavy atom. The highest BCUT2D eigenvalue weighted by molar-refractivity contribution is 7.98. The van der Waals surface area contributed by atoms with Crippen LogP contribution in [0.15, 0.2) is 78.0 Å². The van der Waals surface area contributed by atoms with Crippen molar-refractivity contribution in [1.29, 1.82) is 0 Å². The number of benzene rings is 3. The summed E-state index contributed by atoms with van der Waals surface area (Å²) in [6.45, 7) is 2.06. The number of hydrogen-bond donors (Lipinski definition) is 0. The highest BCUT2D eigenvalue weighted by atomic mass is 32.2. The zero-order chi connectivity index (χ0) is 20.2. The lowest BCUT2D eigenvalue weighted by atomic mass is 10.1. The zero-order valence-electron chi connectivity index (χ0n) is 16.2. The van der Waals surface area contributed by atoms with Gasteiger partial charge in [0, 0.05) is 17.0 Å². The van der Waals surface area contributed by atoms with Crippen molar-refractivity contribution in [2.24, 2.45) is 0 Å². The number of methoxy groups -OCH3 is 1. The largest absolute Gasteiger partial charge is 0.497 e. The van der Waals surface area contributed by atoms with Gasteiger partial charge in [0.1, 0.15) is 11.6 Å². The summed E-state index contributed by atoms with van der Waals surface area (Å²) in [4.78, 5) is 0. The molecule has 0 aliphatic carbocycles. The third-order valence-corrected chi connectivity index (χ3v) is 5.63. The van der Waals surface area contributed by atoms with Crippen LogP contribution in [-0.4, -0.2) is 21.9 Å². The van der Waals surface area contributed by atoms with Crippen LogP contribution in [0.25, 0.3) is 17.1 Å². The highest BCUT2D eigenvalue weighted by Gasteiger charge is 2.17. The molecular formula is C23H20FN3OS. The van der Waals surface area contributed by atoms with E-state index in [1.54, 1.807) is 31.0 Å². The predicted molar refractivity (Wildman–Crippen MR) is 114 cm³/mol. The van der Waals surface area contributed by atoms with Gasteiger partial charge in [0.15, 0.2) is 11.0 Å². The van der Waals surface area contributed by atoms with E-state index in [2.05, 4.69) is 27.8 Å². The summed E-state index contributed by atoms with van der Waals surface area (Å²) < 4.78 is 20.5. The van der Waals surface area contributed by atoms with E-state index in [1.165, 1.54) is 12.1 Å². The molecule has 0 fully saturated rings. The minimum atomic E-state index is -0.234. The van der Waals surface area contributed by atoms with Crippen LogP contribution in [0.3, 0.4) is 0 Å². The molecule has 0 N–H and O–H groups in total. The first-order valence-electron chi connectivity index (χ1n) is 9.19. The van der Waals surface area contributed by atoms with Crippen molar-refractivity contribution in [2.75, 3.05) is 7.11 Å². The van der Waals surface area contributed by atoms with Crippen LogP contribution in [0.5, 0.6) is 5.75 Å². The Labute approximate surface area is 173 Å². The van der Waals surface area contributed by atoms with Gasteiger partial charge in [-0.05, 0) is 54.4 Å². The molecule has 0 amide bonds. The number of ether oxygens (including phenoxy) is 1. The van der Waals surface area contributed by atoms with E-state index in [1.807, 2.05) is 42.5 Å². The van der Waals surface area contributed by atoms with Crippen molar-refractivity contribution in [2.45, 2.75) is 17.8 Å². The summed E-state index contributed by atoms with van der Waals surface area (Å²) in [7, 11) is 1.65. The van der Waals surface area contributed by atoms with Crippen LogP contribution in [-0.2, 0) is 5.75 Å². The second-order valence-corrected chi connectivity index (χ2v) is 7.51. The fourth-order valence-corrected chi connectivity index (χ4v) is 3.96. The third-order valence-electron chi connectivity index (χ3n) is 4.63. The molecule has 3 aromatic carbocycles. The fourth-order valence-electron chi connectivity index (χ4n) is 3.05. The minimum absolute atomic E-state index is 0.234. The van der Waals surface area contributed by atoms with Gasteiger partial charge in [-0.2, -0.15) is 0 Å².